The van der Waals surface area contributed by atoms with Crippen LogP contribution >= 0.6 is 0 Å². The maximum atomic E-state index is 6.17. The van der Waals surface area contributed by atoms with Gasteiger partial charge in [-0.1, -0.05) is 38.5 Å². The van der Waals surface area contributed by atoms with E-state index in [2.05, 4.69) is 95.5 Å². The number of hydrogen-bond donors (Lipinski definition) is 1. The van der Waals surface area contributed by atoms with Crippen molar-refractivity contribution in [3.05, 3.63) is 60.2 Å². The Hall–Kier alpha value is -3.58. The van der Waals surface area contributed by atoms with Crippen LogP contribution in [-0.4, -0.2) is 52.3 Å². The Labute approximate surface area is 224 Å². The van der Waals surface area contributed by atoms with E-state index in [-0.39, 0.29) is 6.17 Å². The molecule has 1 N–H and O–H groups in total. The molecule has 6 rings (SSSR count). The highest BCUT2D eigenvalue weighted by atomic mass is 16.5. The molecule has 0 radical (unpaired) electrons. The number of likely N-dealkylation sites (tertiary alicyclic amines) is 1. The number of aliphatic imine (C=N–C) groups is 1. The third-order valence-electron chi connectivity index (χ3n) is 8.02. The third kappa shape index (κ3) is 4.83. The normalized spacial score (nSPS) is 22.0. The highest BCUT2D eigenvalue weighted by Gasteiger charge is 2.24. The van der Waals surface area contributed by atoms with Crippen molar-refractivity contribution in [1.29, 1.82) is 0 Å². The number of azo groups is 1. The summed E-state index contributed by atoms with van der Waals surface area (Å²) in [6.07, 6.45) is 3.80. The predicted molar refractivity (Wildman–Crippen MR) is 154 cm³/mol. The highest BCUT2D eigenvalue weighted by Crippen LogP contribution is 2.32. The number of piperidine rings is 1. The number of H-pyrrole nitrogens is 1. The number of benzene rings is 3. The number of aromatic nitrogens is 2. The molecule has 7 nitrogen and oxygen atoms in total. The molecule has 38 heavy (non-hydrogen) atoms. The van der Waals surface area contributed by atoms with Crippen LogP contribution in [0.5, 0.6) is 5.75 Å². The molecule has 196 valence electrons. The predicted octanol–water partition coefficient (Wildman–Crippen LogP) is 7.22. The molecule has 0 saturated carbocycles. The Morgan fingerprint density at radius 2 is 1.71 bits per heavy atom. The van der Waals surface area contributed by atoms with Gasteiger partial charge in [0.15, 0.2) is 12.0 Å². The van der Waals surface area contributed by atoms with Gasteiger partial charge in [-0.15, -0.1) is 5.11 Å². The van der Waals surface area contributed by atoms with Crippen molar-refractivity contribution in [2.75, 3.05) is 13.2 Å². The molecule has 3 atom stereocenters. The number of aromatic amines is 1. The number of ether oxygens (including phenoxy) is 1. The van der Waals surface area contributed by atoms with Gasteiger partial charge < -0.3 is 4.74 Å². The molecule has 2 aliphatic rings. The summed E-state index contributed by atoms with van der Waals surface area (Å²) in [6.45, 7) is 10.6. The van der Waals surface area contributed by atoms with Gasteiger partial charge in [0.2, 0.25) is 0 Å². The maximum absolute atomic E-state index is 6.17. The fourth-order valence-corrected chi connectivity index (χ4v) is 5.72. The molecule has 0 bridgehead atoms. The van der Waals surface area contributed by atoms with Crippen LogP contribution in [0.1, 0.15) is 52.5 Å². The zero-order chi connectivity index (χ0) is 26.2. The molecule has 4 aromatic rings. The van der Waals surface area contributed by atoms with Crippen molar-refractivity contribution < 1.29 is 4.74 Å². The van der Waals surface area contributed by atoms with E-state index >= 15 is 0 Å². The second-order valence-electron chi connectivity index (χ2n) is 11.1. The molecule has 0 spiro atoms. The Kier molecular flexibility index (Phi) is 6.70. The number of hydrogen-bond acceptors (Lipinski definition) is 6. The second-order valence-corrected chi connectivity index (χ2v) is 11.1. The molecule has 3 heterocycles. The number of nitrogens with zero attached hydrogens (tertiary/aromatic N) is 5. The topological polar surface area (TPSA) is 78.2 Å². The summed E-state index contributed by atoms with van der Waals surface area (Å²) >= 11 is 0. The lowest BCUT2D eigenvalue weighted by molar-refractivity contribution is 0.0852. The second kappa shape index (κ2) is 10.3. The maximum Gasteiger partial charge on any atom is 0.179 e. The molecule has 1 fully saturated rings. The lowest BCUT2D eigenvalue weighted by Crippen LogP contribution is -2.45. The van der Waals surface area contributed by atoms with Crippen molar-refractivity contribution in [2.24, 2.45) is 21.1 Å². The van der Waals surface area contributed by atoms with Gasteiger partial charge in [0.1, 0.15) is 12.4 Å². The van der Waals surface area contributed by atoms with E-state index < -0.39 is 0 Å². The van der Waals surface area contributed by atoms with E-state index in [4.69, 9.17) is 9.73 Å². The first-order valence-corrected chi connectivity index (χ1v) is 13.9. The standard InChI is InChI=1S/C31H36N6O/c1-19(2)30-32-31(36-35-30)25-11-13-28-27(18-25)29(34-33-28)24-9-8-23-17-26(12-10-22(23)16-24)38-15-14-37-20(3)6-5-7-21(37)4/h8-13,16-21,30H,5-7,14-15H2,1-4H3,(H,33,34)/t20-,21+,30?. The molecule has 2 aliphatic heterocycles. The minimum Gasteiger partial charge on any atom is -0.492 e. The van der Waals surface area contributed by atoms with E-state index in [9.17, 15) is 0 Å². The first-order chi connectivity index (χ1) is 18.5. The zero-order valence-electron chi connectivity index (χ0n) is 22.7. The van der Waals surface area contributed by atoms with E-state index in [1.54, 1.807) is 0 Å². The fraction of sp³-hybridized carbons (Fsp3) is 0.419. The smallest absolute Gasteiger partial charge is 0.179 e. The quantitative estimate of drug-likeness (QED) is 0.286. The van der Waals surface area contributed by atoms with Gasteiger partial charge >= 0.3 is 0 Å². The van der Waals surface area contributed by atoms with Gasteiger partial charge in [-0.25, -0.2) is 4.99 Å². The van der Waals surface area contributed by atoms with Crippen LogP contribution in [0.4, 0.5) is 0 Å². The summed E-state index contributed by atoms with van der Waals surface area (Å²) in [5.74, 6) is 1.94. The van der Waals surface area contributed by atoms with Crippen LogP contribution in [-0.2, 0) is 0 Å². The molecule has 0 amide bonds. The molecule has 1 aromatic heterocycles. The first kappa shape index (κ1) is 24.7. The van der Waals surface area contributed by atoms with E-state index in [1.165, 1.54) is 19.3 Å². The van der Waals surface area contributed by atoms with E-state index in [0.717, 1.165) is 50.8 Å². The lowest BCUT2D eigenvalue weighted by atomic mass is 9.98. The van der Waals surface area contributed by atoms with Gasteiger partial charge in [-0.3, -0.25) is 10.00 Å². The summed E-state index contributed by atoms with van der Waals surface area (Å²) in [4.78, 5) is 7.28. The molecule has 7 heteroatoms. The molecular formula is C31H36N6O. The highest BCUT2D eigenvalue weighted by molar-refractivity contribution is 6.05. The number of rotatable bonds is 7. The summed E-state index contributed by atoms with van der Waals surface area (Å²) in [7, 11) is 0. The molecule has 0 aliphatic carbocycles. The van der Waals surface area contributed by atoms with E-state index in [1.807, 2.05) is 12.1 Å². The summed E-state index contributed by atoms with van der Waals surface area (Å²) in [6, 6.07) is 20.3. The molecule has 1 unspecified atom stereocenters. The average Bonchev–Trinajstić information content (AvgIpc) is 3.58. The van der Waals surface area contributed by atoms with Gasteiger partial charge in [0.25, 0.3) is 0 Å². The Morgan fingerprint density at radius 3 is 2.50 bits per heavy atom. The van der Waals surface area contributed by atoms with Crippen molar-refractivity contribution in [1.82, 2.24) is 15.1 Å². The van der Waals surface area contributed by atoms with Crippen molar-refractivity contribution >= 4 is 27.5 Å². The Balaban J connectivity index is 1.20. The van der Waals surface area contributed by atoms with Crippen LogP contribution in [0.25, 0.3) is 32.9 Å². The minimum atomic E-state index is -0.101. The van der Waals surface area contributed by atoms with Crippen LogP contribution in [0.3, 0.4) is 0 Å². The van der Waals surface area contributed by atoms with Gasteiger partial charge in [0.05, 0.1) is 11.2 Å². The monoisotopic (exact) mass is 508 g/mol. The third-order valence-corrected chi connectivity index (χ3v) is 8.02. The van der Waals surface area contributed by atoms with E-state index in [0.29, 0.717) is 30.4 Å². The average molecular weight is 509 g/mol. The number of fused-ring (bicyclic) bond motifs is 2. The van der Waals surface area contributed by atoms with Gasteiger partial charge in [-0.2, -0.15) is 10.2 Å². The zero-order valence-corrected chi connectivity index (χ0v) is 22.7. The number of amidine groups is 1. The minimum absolute atomic E-state index is 0.101. The summed E-state index contributed by atoms with van der Waals surface area (Å²) in [5, 5.41) is 19.8. The largest absolute Gasteiger partial charge is 0.492 e. The fourth-order valence-electron chi connectivity index (χ4n) is 5.72. The molecule has 1 saturated heterocycles. The summed E-state index contributed by atoms with van der Waals surface area (Å²) in [5.41, 5.74) is 3.94. The SMILES string of the molecule is CC(C)C1N=NC(c2ccc3[nH]nc(-c4ccc5cc(OCCN6[C@H](C)CCC[C@@H]6C)ccc5c4)c3c2)=N1. The van der Waals surface area contributed by atoms with Crippen molar-refractivity contribution in [2.45, 2.75) is 65.2 Å². The Morgan fingerprint density at radius 1 is 0.947 bits per heavy atom. The van der Waals surface area contributed by atoms with Crippen LogP contribution < -0.4 is 4.74 Å². The molecular weight excluding hydrogens is 472 g/mol. The van der Waals surface area contributed by atoms with Crippen LogP contribution in [0, 0.1) is 5.92 Å². The first-order valence-electron chi connectivity index (χ1n) is 13.9. The number of nitrogens with one attached hydrogen (secondary N) is 1. The van der Waals surface area contributed by atoms with Crippen LogP contribution in [0.2, 0.25) is 0 Å². The summed E-state index contributed by atoms with van der Waals surface area (Å²) < 4.78 is 6.17. The van der Waals surface area contributed by atoms with Gasteiger partial charge in [-0.05, 0) is 79.8 Å². The van der Waals surface area contributed by atoms with Crippen molar-refractivity contribution in [3.8, 4) is 17.0 Å². The Bertz CT molecular complexity index is 1510. The van der Waals surface area contributed by atoms with Crippen LogP contribution in [0.15, 0.2) is 69.8 Å². The molecule has 3 aromatic carbocycles. The van der Waals surface area contributed by atoms with Crippen molar-refractivity contribution in [3.63, 3.8) is 0 Å². The lowest BCUT2D eigenvalue weighted by Gasteiger charge is -2.38. The van der Waals surface area contributed by atoms with Gasteiger partial charge in [0, 0.05) is 35.1 Å².